The van der Waals surface area contributed by atoms with Crippen molar-refractivity contribution in [2.75, 3.05) is 5.73 Å². The number of rotatable bonds is 2. The second kappa shape index (κ2) is 6.81. The summed E-state index contributed by atoms with van der Waals surface area (Å²) in [5.41, 5.74) is 5.11. The van der Waals surface area contributed by atoms with Crippen LogP contribution in [-0.4, -0.2) is 9.55 Å². The van der Waals surface area contributed by atoms with Crippen LogP contribution in [0.3, 0.4) is 0 Å². The van der Waals surface area contributed by atoms with Gasteiger partial charge in [0, 0.05) is 11.1 Å². The van der Waals surface area contributed by atoms with Crippen molar-refractivity contribution in [2.24, 2.45) is 0 Å². The third kappa shape index (κ3) is 2.77. The van der Waals surface area contributed by atoms with Crippen LogP contribution in [-0.2, 0) is 0 Å². The number of fused-ring (bicyclic) bond motifs is 3. The number of hydrogen-bond donors (Lipinski definition) is 1. The Morgan fingerprint density at radius 3 is 2.52 bits per heavy atom. The molecular weight excluding hydrogens is 406 g/mol. The Hall–Kier alpha value is -4.45. The second-order valence-electron chi connectivity index (χ2n) is 6.80. The minimum Gasteiger partial charge on any atom is -0.406 e. The number of benzene rings is 2. The fourth-order valence-corrected chi connectivity index (χ4v) is 3.70. The normalized spacial score (nSPS) is 15.5. The number of hydrogen-bond acceptors (Lipinski definition) is 6. The maximum Gasteiger partial charge on any atom is 0.362 e. The van der Waals surface area contributed by atoms with Crippen molar-refractivity contribution in [1.82, 2.24) is 9.55 Å². The molecule has 3 heterocycles. The molecule has 0 aliphatic carbocycles. The number of nitrogens with zero attached hydrogens (tertiary/aromatic N) is 3. The largest absolute Gasteiger partial charge is 0.406 e. The van der Waals surface area contributed by atoms with Crippen LogP contribution >= 0.6 is 0 Å². The first kappa shape index (κ1) is 18.6. The Kier molecular flexibility index (Phi) is 4.08. The molecule has 0 unspecified atom stereocenters. The monoisotopic (exact) mass is 418 g/mol. The Labute approximate surface area is 172 Å². The maximum absolute atomic E-state index is 14.6. The molecule has 1 aliphatic heterocycles. The molecule has 5 rings (SSSR count). The van der Waals surface area contributed by atoms with Gasteiger partial charge in [-0.05, 0) is 18.2 Å². The van der Waals surface area contributed by atoms with Crippen LogP contribution in [0.25, 0.3) is 17.5 Å². The lowest BCUT2D eigenvalue weighted by Gasteiger charge is -2.19. The Morgan fingerprint density at radius 2 is 1.81 bits per heavy atom. The smallest absolute Gasteiger partial charge is 0.362 e. The van der Waals surface area contributed by atoms with E-state index in [-0.39, 0.29) is 45.2 Å². The molecule has 2 aromatic carbocycles. The molecule has 0 bridgehead atoms. The van der Waals surface area contributed by atoms with Gasteiger partial charge < -0.3 is 14.6 Å². The van der Waals surface area contributed by atoms with Crippen LogP contribution in [0.1, 0.15) is 22.7 Å². The van der Waals surface area contributed by atoms with Gasteiger partial charge in [-0.15, -0.1) is 0 Å². The van der Waals surface area contributed by atoms with Gasteiger partial charge in [-0.25, -0.2) is 18.1 Å². The standard InChI is InChI=1S/C22H12F2N4O3/c23-14-7-3-1-5-11(14)9-16-21(29)30-19-13(10-25)17(12-6-2-4-8-15(12)24)18-20(28(16)19)31-22(26)27-18/h1-9,17H,(H2,26,27)/b16-9+/t17-/m0/s1. The van der Waals surface area contributed by atoms with Crippen LogP contribution in [0.5, 0.6) is 0 Å². The molecule has 2 aromatic heterocycles. The summed E-state index contributed by atoms with van der Waals surface area (Å²) in [6.07, 6.45) is 1.27. The van der Waals surface area contributed by atoms with Gasteiger partial charge in [0.15, 0.2) is 0 Å². The highest BCUT2D eigenvalue weighted by Crippen LogP contribution is 2.38. The van der Waals surface area contributed by atoms with E-state index in [0.29, 0.717) is 0 Å². The lowest BCUT2D eigenvalue weighted by Crippen LogP contribution is -2.35. The Bertz CT molecular complexity index is 1570. The number of nitrogen functional groups attached to an aromatic ring is 1. The first-order chi connectivity index (χ1) is 15.0. The van der Waals surface area contributed by atoms with Crippen LogP contribution < -0.4 is 22.3 Å². The van der Waals surface area contributed by atoms with Gasteiger partial charge in [0.2, 0.25) is 11.4 Å². The van der Waals surface area contributed by atoms with E-state index in [2.05, 4.69) is 4.98 Å². The molecule has 1 aliphatic rings. The van der Waals surface area contributed by atoms with Crippen molar-refractivity contribution in [2.45, 2.75) is 5.92 Å². The summed E-state index contributed by atoms with van der Waals surface area (Å²) in [6.45, 7) is 0. The predicted molar refractivity (Wildman–Crippen MR) is 105 cm³/mol. The average molecular weight is 418 g/mol. The van der Waals surface area contributed by atoms with Crippen molar-refractivity contribution >= 4 is 17.7 Å². The fourth-order valence-electron chi connectivity index (χ4n) is 3.70. The van der Waals surface area contributed by atoms with Gasteiger partial charge in [0.05, 0.1) is 5.92 Å². The van der Waals surface area contributed by atoms with E-state index in [1.54, 1.807) is 12.1 Å². The van der Waals surface area contributed by atoms with Crippen molar-refractivity contribution in [3.05, 3.63) is 98.3 Å². The van der Waals surface area contributed by atoms with Gasteiger partial charge in [0.1, 0.15) is 34.3 Å². The lowest BCUT2D eigenvalue weighted by atomic mass is 9.87. The van der Waals surface area contributed by atoms with Crippen molar-refractivity contribution in [3.63, 3.8) is 0 Å². The van der Waals surface area contributed by atoms with E-state index in [1.165, 1.54) is 47.0 Å². The summed E-state index contributed by atoms with van der Waals surface area (Å²) >= 11 is 0. The molecule has 0 radical (unpaired) electrons. The molecule has 7 nitrogen and oxygen atoms in total. The van der Waals surface area contributed by atoms with E-state index in [0.717, 1.165) is 0 Å². The molecule has 4 aromatic rings. The van der Waals surface area contributed by atoms with Crippen LogP contribution in [0, 0.1) is 23.0 Å². The molecular formula is C22H12F2N4O3. The molecule has 2 N–H and O–H groups in total. The number of nitriles is 1. The van der Waals surface area contributed by atoms with E-state index >= 15 is 0 Å². The molecule has 9 heteroatoms. The predicted octanol–water partition coefficient (Wildman–Crippen LogP) is 1.93. The molecule has 0 saturated heterocycles. The van der Waals surface area contributed by atoms with E-state index < -0.39 is 23.2 Å². The molecule has 31 heavy (non-hydrogen) atoms. The third-order valence-corrected chi connectivity index (χ3v) is 5.02. The van der Waals surface area contributed by atoms with Crippen LogP contribution in [0.4, 0.5) is 14.8 Å². The topological polar surface area (TPSA) is 111 Å². The minimum atomic E-state index is -1.01. The summed E-state index contributed by atoms with van der Waals surface area (Å²) in [5, 5.41) is 9.78. The van der Waals surface area contributed by atoms with Gasteiger partial charge in [-0.3, -0.25) is 0 Å². The van der Waals surface area contributed by atoms with Crippen molar-refractivity contribution in [1.29, 1.82) is 5.26 Å². The lowest BCUT2D eigenvalue weighted by molar-refractivity contribution is 0.454. The fraction of sp³-hybridized carbons (Fsp3) is 0.0455. The molecule has 0 amide bonds. The first-order valence-electron chi connectivity index (χ1n) is 9.13. The number of halogens is 2. The Morgan fingerprint density at radius 1 is 1.10 bits per heavy atom. The molecule has 152 valence electrons. The Balaban J connectivity index is 1.92. The van der Waals surface area contributed by atoms with E-state index in [1.807, 2.05) is 6.07 Å². The van der Waals surface area contributed by atoms with E-state index in [9.17, 15) is 18.8 Å². The first-order valence-corrected chi connectivity index (χ1v) is 9.13. The van der Waals surface area contributed by atoms with Gasteiger partial charge in [-0.2, -0.15) is 10.2 Å². The van der Waals surface area contributed by atoms with Gasteiger partial charge >= 0.3 is 5.63 Å². The van der Waals surface area contributed by atoms with Gasteiger partial charge in [0.25, 0.3) is 6.01 Å². The minimum absolute atomic E-state index is 0.00630. The molecule has 1 atom stereocenters. The third-order valence-electron chi connectivity index (χ3n) is 5.02. The quantitative estimate of drug-likeness (QED) is 0.533. The molecule has 0 saturated carbocycles. The molecule has 0 spiro atoms. The van der Waals surface area contributed by atoms with Crippen LogP contribution in [0.2, 0.25) is 0 Å². The summed E-state index contributed by atoms with van der Waals surface area (Å²) < 4.78 is 40.9. The number of aromatic nitrogens is 2. The average Bonchev–Trinajstić information content (AvgIpc) is 3.28. The van der Waals surface area contributed by atoms with Crippen molar-refractivity contribution in [3.8, 4) is 12.0 Å². The maximum atomic E-state index is 14.6. The summed E-state index contributed by atoms with van der Waals surface area (Å²) in [4.78, 5) is 16.8. The highest BCUT2D eigenvalue weighted by atomic mass is 19.1. The number of oxazole rings is 2. The summed E-state index contributed by atoms with van der Waals surface area (Å²) in [6, 6.07) is 13.4. The number of nitrogens with two attached hydrogens (primary N) is 1. The SMILES string of the molecule is N#CC1=c2oc(=O)/c(=C\c3ccccc3F)n2-c2oc(N)nc2[C@H]1c1ccccc1F. The van der Waals surface area contributed by atoms with Gasteiger partial charge in [-0.1, -0.05) is 36.4 Å². The van der Waals surface area contributed by atoms with E-state index in [4.69, 9.17) is 14.6 Å². The second-order valence-corrected chi connectivity index (χ2v) is 6.80. The van der Waals surface area contributed by atoms with Crippen molar-refractivity contribution < 1.29 is 17.6 Å². The highest BCUT2D eigenvalue weighted by molar-refractivity contribution is 5.73. The number of anilines is 1. The zero-order chi connectivity index (χ0) is 21.7. The zero-order valence-corrected chi connectivity index (χ0v) is 15.7. The van der Waals surface area contributed by atoms with Crippen LogP contribution in [0.15, 0.2) is 62.2 Å². The summed E-state index contributed by atoms with van der Waals surface area (Å²) in [5.74, 6) is -2.14. The zero-order valence-electron chi connectivity index (χ0n) is 15.7. The summed E-state index contributed by atoms with van der Waals surface area (Å²) in [7, 11) is 0. The highest BCUT2D eigenvalue weighted by Gasteiger charge is 2.37. The molecule has 0 fully saturated rings.